The van der Waals surface area contributed by atoms with Crippen LogP contribution in [0.25, 0.3) is 0 Å². The molecule has 10 heteroatoms. The SMILES string of the molecule is COc1c(C)cnc(CNC(=O)c2cnc(Cn3cncn3)[nH]c2=O)c1C. The standard InChI is InChI=1S/C17H19N7O3/c1-10-4-19-13(11(2)15(10)27-3)6-21-16(25)12-5-20-14(23-17(12)26)7-24-9-18-8-22-24/h4-5,8-9H,6-7H2,1-3H3,(H,21,25)(H,20,23,26). The molecule has 0 aliphatic heterocycles. The average molecular weight is 369 g/mol. The van der Waals surface area contributed by atoms with Crippen molar-refractivity contribution in [3.8, 4) is 5.75 Å². The van der Waals surface area contributed by atoms with E-state index in [1.807, 2.05) is 13.8 Å². The van der Waals surface area contributed by atoms with E-state index in [0.717, 1.165) is 16.9 Å². The second kappa shape index (κ2) is 7.77. The van der Waals surface area contributed by atoms with Crippen molar-refractivity contribution in [1.82, 2.24) is 35.0 Å². The lowest BCUT2D eigenvalue weighted by Crippen LogP contribution is -2.31. The maximum atomic E-state index is 12.3. The van der Waals surface area contributed by atoms with Gasteiger partial charge in [-0.25, -0.2) is 14.6 Å². The molecule has 0 saturated heterocycles. The van der Waals surface area contributed by atoms with Crippen LogP contribution in [-0.2, 0) is 13.1 Å². The fourth-order valence-corrected chi connectivity index (χ4v) is 2.65. The molecule has 3 aromatic heterocycles. The topological polar surface area (TPSA) is 128 Å². The summed E-state index contributed by atoms with van der Waals surface area (Å²) in [6.45, 7) is 4.19. The van der Waals surface area contributed by atoms with E-state index < -0.39 is 11.5 Å². The number of amides is 1. The highest BCUT2D eigenvalue weighted by Gasteiger charge is 2.14. The van der Waals surface area contributed by atoms with Crippen LogP contribution in [0.1, 0.15) is 33.0 Å². The summed E-state index contributed by atoms with van der Waals surface area (Å²) in [5.41, 5.74) is 1.82. The molecule has 3 rings (SSSR count). The number of nitrogens with one attached hydrogen (secondary N) is 2. The van der Waals surface area contributed by atoms with Gasteiger partial charge in [0, 0.05) is 23.5 Å². The number of hydrogen-bond acceptors (Lipinski definition) is 7. The van der Waals surface area contributed by atoms with Gasteiger partial charge in [-0.15, -0.1) is 0 Å². The van der Waals surface area contributed by atoms with Crippen LogP contribution >= 0.6 is 0 Å². The minimum atomic E-state index is -0.531. The minimum Gasteiger partial charge on any atom is -0.496 e. The molecule has 0 bridgehead atoms. The van der Waals surface area contributed by atoms with Gasteiger partial charge in [0.25, 0.3) is 11.5 Å². The zero-order valence-corrected chi connectivity index (χ0v) is 15.2. The van der Waals surface area contributed by atoms with Crippen LogP contribution in [0.3, 0.4) is 0 Å². The summed E-state index contributed by atoms with van der Waals surface area (Å²) in [6, 6.07) is 0. The highest BCUT2D eigenvalue weighted by molar-refractivity contribution is 5.93. The van der Waals surface area contributed by atoms with E-state index in [0.29, 0.717) is 11.5 Å². The molecular formula is C17H19N7O3. The van der Waals surface area contributed by atoms with E-state index in [-0.39, 0.29) is 18.7 Å². The van der Waals surface area contributed by atoms with Gasteiger partial charge in [-0.2, -0.15) is 5.10 Å². The first-order chi connectivity index (χ1) is 13.0. The second-order valence-corrected chi connectivity index (χ2v) is 5.89. The summed E-state index contributed by atoms with van der Waals surface area (Å²) in [4.78, 5) is 39.4. The van der Waals surface area contributed by atoms with E-state index in [4.69, 9.17) is 4.74 Å². The van der Waals surface area contributed by atoms with Crippen molar-refractivity contribution in [2.24, 2.45) is 0 Å². The van der Waals surface area contributed by atoms with Crippen LogP contribution in [0.2, 0.25) is 0 Å². The number of hydrogen-bond donors (Lipinski definition) is 2. The number of nitrogens with zero attached hydrogens (tertiary/aromatic N) is 5. The molecule has 0 unspecified atom stereocenters. The summed E-state index contributed by atoms with van der Waals surface area (Å²) in [5, 5.41) is 6.63. The Morgan fingerprint density at radius 2 is 2.11 bits per heavy atom. The molecule has 0 fully saturated rings. The Kier molecular flexibility index (Phi) is 5.25. The summed E-state index contributed by atoms with van der Waals surface area (Å²) in [7, 11) is 1.59. The molecule has 27 heavy (non-hydrogen) atoms. The largest absolute Gasteiger partial charge is 0.496 e. The van der Waals surface area contributed by atoms with Crippen molar-refractivity contribution in [2.75, 3.05) is 7.11 Å². The molecule has 0 aromatic carbocycles. The number of rotatable bonds is 6. The number of aromatic amines is 1. The predicted molar refractivity (Wildman–Crippen MR) is 95.4 cm³/mol. The normalized spacial score (nSPS) is 10.6. The van der Waals surface area contributed by atoms with Crippen LogP contribution in [-0.4, -0.2) is 42.7 Å². The van der Waals surface area contributed by atoms with Crippen LogP contribution < -0.4 is 15.6 Å². The van der Waals surface area contributed by atoms with Crippen molar-refractivity contribution in [2.45, 2.75) is 26.9 Å². The van der Waals surface area contributed by atoms with Gasteiger partial charge in [-0.1, -0.05) is 0 Å². The Balaban J connectivity index is 1.71. The van der Waals surface area contributed by atoms with Crippen molar-refractivity contribution in [3.05, 3.63) is 63.6 Å². The molecule has 3 heterocycles. The molecule has 2 N–H and O–H groups in total. The summed E-state index contributed by atoms with van der Waals surface area (Å²) < 4.78 is 6.87. The van der Waals surface area contributed by atoms with Crippen molar-refractivity contribution >= 4 is 5.91 Å². The number of carbonyl (C=O) groups is 1. The number of carbonyl (C=O) groups excluding carboxylic acids is 1. The van der Waals surface area contributed by atoms with Gasteiger partial charge in [0.1, 0.15) is 36.3 Å². The van der Waals surface area contributed by atoms with Crippen molar-refractivity contribution in [3.63, 3.8) is 0 Å². The number of H-pyrrole nitrogens is 1. The molecule has 0 aliphatic rings. The van der Waals surface area contributed by atoms with Gasteiger partial charge in [0.15, 0.2) is 0 Å². The van der Waals surface area contributed by atoms with E-state index in [1.54, 1.807) is 13.3 Å². The Labute approximate surface area is 154 Å². The monoisotopic (exact) mass is 369 g/mol. The third-order valence-corrected chi connectivity index (χ3v) is 4.04. The minimum absolute atomic E-state index is 0.0749. The molecule has 0 saturated carbocycles. The fraction of sp³-hybridized carbons (Fsp3) is 0.294. The fourth-order valence-electron chi connectivity index (χ4n) is 2.65. The van der Waals surface area contributed by atoms with Crippen LogP contribution in [0.4, 0.5) is 0 Å². The number of ether oxygens (including phenoxy) is 1. The van der Waals surface area contributed by atoms with Crippen LogP contribution in [0, 0.1) is 13.8 Å². The smallest absolute Gasteiger partial charge is 0.263 e. The molecule has 0 spiro atoms. The Morgan fingerprint density at radius 1 is 1.30 bits per heavy atom. The van der Waals surface area contributed by atoms with E-state index in [1.165, 1.54) is 23.5 Å². The lowest BCUT2D eigenvalue weighted by atomic mass is 10.1. The molecule has 0 radical (unpaired) electrons. The number of pyridine rings is 1. The Morgan fingerprint density at radius 3 is 2.78 bits per heavy atom. The van der Waals surface area contributed by atoms with E-state index in [9.17, 15) is 9.59 Å². The van der Waals surface area contributed by atoms with Crippen molar-refractivity contribution < 1.29 is 9.53 Å². The first-order valence-corrected chi connectivity index (χ1v) is 8.17. The van der Waals surface area contributed by atoms with Gasteiger partial charge in [0.2, 0.25) is 0 Å². The maximum absolute atomic E-state index is 12.3. The predicted octanol–water partition coefficient (Wildman–Crippen LogP) is 0.360. The lowest BCUT2D eigenvalue weighted by molar-refractivity contribution is 0.0948. The second-order valence-electron chi connectivity index (χ2n) is 5.89. The summed E-state index contributed by atoms with van der Waals surface area (Å²) in [6.07, 6.45) is 5.82. The van der Waals surface area contributed by atoms with E-state index >= 15 is 0 Å². The molecule has 3 aromatic rings. The summed E-state index contributed by atoms with van der Waals surface area (Å²) >= 11 is 0. The van der Waals surface area contributed by atoms with E-state index in [2.05, 4.69) is 30.4 Å². The zero-order chi connectivity index (χ0) is 19.4. The third-order valence-electron chi connectivity index (χ3n) is 4.04. The van der Waals surface area contributed by atoms with Gasteiger partial charge >= 0.3 is 0 Å². The Hall–Kier alpha value is -3.56. The molecule has 10 nitrogen and oxygen atoms in total. The quantitative estimate of drug-likeness (QED) is 0.642. The highest BCUT2D eigenvalue weighted by atomic mass is 16.5. The molecular weight excluding hydrogens is 350 g/mol. The molecule has 140 valence electrons. The maximum Gasteiger partial charge on any atom is 0.263 e. The third kappa shape index (κ3) is 4.00. The number of methoxy groups -OCH3 is 1. The van der Waals surface area contributed by atoms with Crippen LogP contribution in [0.5, 0.6) is 5.75 Å². The molecule has 1 amide bonds. The molecule has 0 aliphatic carbocycles. The van der Waals surface area contributed by atoms with Crippen LogP contribution in [0.15, 0.2) is 29.8 Å². The van der Waals surface area contributed by atoms with Crippen molar-refractivity contribution in [1.29, 1.82) is 0 Å². The zero-order valence-electron chi connectivity index (χ0n) is 15.2. The Bertz CT molecular complexity index is 1010. The van der Waals surface area contributed by atoms with Gasteiger partial charge in [-0.3, -0.25) is 14.6 Å². The van der Waals surface area contributed by atoms with Gasteiger partial charge in [-0.05, 0) is 13.8 Å². The first kappa shape index (κ1) is 18.2. The van der Waals surface area contributed by atoms with Gasteiger partial charge < -0.3 is 15.0 Å². The number of aromatic nitrogens is 6. The first-order valence-electron chi connectivity index (χ1n) is 8.17. The lowest BCUT2D eigenvalue weighted by Gasteiger charge is -2.12. The summed E-state index contributed by atoms with van der Waals surface area (Å²) in [5.74, 6) is 0.575. The average Bonchev–Trinajstić information content (AvgIpc) is 3.14. The number of aryl methyl sites for hydroxylation is 1. The molecule has 0 atom stereocenters. The van der Waals surface area contributed by atoms with Gasteiger partial charge in [0.05, 0.1) is 19.3 Å². The highest BCUT2D eigenvalue weighted by Crippen LogP contribution is 2.23.